The van der Waals surface area contributed by atoms with Crippen LogP contribution >= 0.6 is 23.2 Å². The lowest BCUT2D eigenvalue weighted by molar-refractivity contribution is 0.525. The summed E-state index contributed by atoms with van der Waals surface area (Å²) in [5, 5.41) is 12.7. The molecule has 140 valence electrons. The quantitative estimate of drug-likeness (QED) is 0.595. The molecule has 3 aromatic rings. The maximum atomic E-state index is 10.7. The molecule has 0 spiro atoms. The van der Waals surface area contributed by atoms with Crippen molar-refractivity contribution in [2.24, 2.45) is 10.3 Å². The van der Waals surface area contributed by atoms with Crippen LogP contribution in [0.2, 0.25) is 10.0 Å². The fourth-order valence-electron chi connectivity index (χ4n) is 2.61. The molecule has 0 saturated heterocycles. The fourth-order valence-corrected chi connectivity index (χ4v) is 3.17. The Kier molecular flexibility index (Phi) is 4.81. The zero-order valence-electron chi connectivity index (χ0n) is 14.4. The Labute approximate surface area is 169 Å². The highest BCUT2D eigenvalue weighted by molar-refractivity contribution is 6.39. The lowest BCUT2D eigenvalue weighted by Crippen LogP contribution is -2.26. The van der Waals surface area contributed by atoms with Crippen molar-refractivity contribution in [3.05, 3.63) is 69.2 Å². The molecule has 4 rings (SSSR count). The molecular weight excluding hydrogens is 403 g/mol. The molecular formula is C18H12Cl2N6O2. The number of nitrogens with one attached hydrogen (secondary N) is 1. The second-order valence-corrected chi connectivity index (χ2v) is 6.59. The van der Waals surface area contributed by atoms with Crippen LogP contribution in [-0.2, 0) is 0 Å². The van der Waals surface area contributed by atoms with Gasteiger partial charge >= 0.3 is 0 Å². The van der Waals surface area contributed by atoms with Gasteiger partial charge in [0.15, 0.2) is 11.6 Å². The Morgan fingerprint density at radius 1 is 1.14 bits per heavy atom. The van der Waals surface area contributed by atoms with E-state index in [-0.39, 0.29) is 5.90 Å². The van der Waals surface area contributed by atoms with E-state index in [1.165, 1.54) is 6.20 Å². The van der Waals surface area contributed by atoms with E-state index in [1.807, 2.05) is 0 Å². The highest BCUT2D eigenvalue weighted by atomic mass is 35.5. The van der Waals surface area contributed by atoms with Gasteiger partial charge in [-0.05, 0) is 35.5 Å². The van der Waals surface area contributed by atoms with E-state index in [1.54, 1.807) is 54.5 Å². The number of halogens is 2. The summed E-state index contributed by atoms with van der Waals surface area (Å²) < 4.78 is 5.82. The maximum Gasteiger partial charge on any atom is 0.247 e. The van der Waals surface area contributed by atoms with E-state index in [2.05, 4.69) is 25.6 Å². The smallest absolute Gasteiger partial charge is 0.247 e. The Morgan fingerprint density at radius 3 is 2.64 bits per heavy atom. The summed E-state index contributed by atoms with van der Waals surface area (Å²) in [6.07, 6.45) is 1.52. The standard InChI is InChI=1S/C18H12Cl2N6O2/c1-26-16-14(28-17(24-26)15-12(19)6-3-7-13(15)20)9-21-18(23-16)22-10-4-2-5-11(8-10)25-27/h2-9H,1H3,(H,21,22,23). The Hall–Kier alpha value is -3.23. The van der Waals surface area contributed by atoms with E-state index >= 15 is 0 Å². The average Bonchev–Trinajstić information content (AvgIpc) is 2.68. The van der Waals surface area contributed by atoms with Crippen molar-refractivity contribution < 1.29 is 4.74 Å². The molecule has 0 fully saturated rings. The van der Waals surface area contributed by atoms with Gasteiger partial charge in [-0.15, -0.1) is 10.0 Å². The second kappa shape index (κ2) is 7.41. The average molecular weight is 415 g/mol. The van der Waals surface area contributed by atoms with Gasteiger partial charge in [-0.2, -0.15) is 4.98 Å². The number of hydrogen-bond acceptors (Lipinski definition) is 8. The van der Waals surface area contributed by atoms with Crippen LogP contribution in [0, 0.1) is 4.91 Å². The number of fused-ring (bicyclic) bond motifs is 1. The highest BCUT2D eigenvalue weighted by Gasteiger charge is 2.25. The first-order valence-corrected chi connectivity index (χ1v) is 8.83. The van der Waals surface area contributed by atoms with Gasteiger partial charge in [0.25, 0.3) is 0 Å². The van der Waals surface area contributed by atoms with Crippen molar-refractivity contribution in [2.45, 2.75) is 0 Å². The SMILES string of the molecule is CN1N=C(c2c(Cl)cccc2Cl)Oc2cnc(Nc3cccc(N=O)c3)nc21. The van der Waals surface area contributed by atoms with Crippen molar-refractivity contribution in [3.8, 4) is 5.75 Å². The molecule has 28 heavy (non-hydrogen) atoms. The maximum absolute atomic E-state index is 10.7. The third kappa shape index (κ3) is 3.47. The summed E-state index contributed by atoms with van der Waals surface area (Å²) in [5.74, 6) is 1.41. The summed E-state index contributed by atoms with van der Waals surface area (Å²) in [6, 6.07) is 11.8. The van der Waals surface area contributed by atoms with Crippen molar-refractivity contribution in [1.82, 2.24) is 9.97 Å². The first kappa shape index (κ1) is 18.1. The molecule has 0 atom stereocenters. The molecule has 0 radical (unpaired) electrons. The number of anilines is 3. The topological polar surface area (TPSA) is 92.1 Å². The van der Waals surface area contributed by atoms with Gasteiger partial charge in [0, 0.05) is 12.7 Å². The number of ether oxygens (including phenoxy) is 1. The van der Waals surface area contributed by atoms with Crippen molar-refractivity contribution >= 4 is 52.2 Å². The number of nitrogens with zero attached hydrogens (tertiary/aromatic N) is 5. The molecule has 2 aromatic carbocycles. The van der Waals surface area contributed by atoms with Crippen molar-refractivity contribution in [3.63, 3.8) is 0 Å². The van der Waals surface area contributed by atoms with Gasteiger partial charge in [0.1, 0.15) is 5.69 Å². The summed E-state index contributed by atoms with van der Waals surface area (Å²) in [6.45, 7) is 0. The molecule has 0 saturated carbocycles. The third-order valence-corrected chi connectivity index (χ3v) is 4.50. The van der Waals surface area contributed by atoms with Crippen LogP contribution in [-0.4, -0.2) is 22.9 Å². The normalized spacial score (nSPS) is 12.7. The second-order valence-electron chi connectivity index (χ2n) is 5.78. The first-order valence-electron chi connectivity index (χ1n) is 8.07. The molecule has 10 heteroatoms. The van der Waals surface area contributed by atoms with Crippen LogP contribution in [0.4, 0.5) is 23.1 Å². The highest BCUT2D eigenvalue weighted by Crippen LogP contribution is 2.34. The van der Waals surface area contributed by atoms with E-state index < -0.39 is 0 Å². The molecule has 2 heterocycles. The van der Waals surface area contributed by atoms with Gasteiger partial charge in [-0.25, -0.2) is 9.99 Å². The Morgan fingerprint density at radius 2 is 1.89 bits per heavy atom. The minimum atomic E-state index is 0.250. The number of benzene rings is 2. The van der Waals surface area contributed by atoms with Crippen LogP contribution in [0.25, 0.3) is 0 Å². The van der Waals surface area contributed by atoms with Gasteiger partial charge in [0.05, 0.1) is 21.8 Å². The molecule has 1 aromatic heterocycles. The van der Waals surface area contributed by atoms with Gasteiger partial charge in [0.2, 0.25) is 11.8 Å². The van der Waals surface area contributed by atoms with E-state index in [4.69, 9.17) is 27.9 Å². The minimum absolute atomic E-state index is 0.250. The number of hydrazone groups is 1. The molecule has 1 aliphatic heterocycles. The Balaban J connectivity index is 1.64. The zero-order valence-corrected chi connectivity index (χ0v) is 15.9. The summed E-state index contributed by atoms with van der Waals surface area (Å²) in [5.41, 5.74) is 1.42. The van der Waals surface area contributed by atoms with Gasteiger partial charge in [-0.3, -0.25) is 0 Å². The molecule has 1 aliphatic rings. The molecule has 1 N–H and O–H groups in total. The summed E-state index contributed by atoms with van der Waals surface area (Å²) in [7, 11) is 1.72. The Bertz CT molecular complexity index is 1080. The third-order valence-electron chi connectivity index (χ3n) is 3.87. The van der Waals surface area contributed by atoms with E-state index in [0.29, 0.717) is 44.5 Å². The number of rotatable bonds is 4. The van der Waals surface area contributed by atoms with Crippen LogP contribution in [0.3, 0.4) is 0 Å². The largest absolute Gasteiger partial charge is 0.431 e. The van der Waals surface area contributed by atoms with E-state index in [9.17, 15) is 4.91 Å². The van der Waals surface area contributed by atoms with Gasteiger partial charge in [-0.1, -0.05) is 35.3 Å². The fraction of sp³-hybridized carbons (Fsp3) is 0.0556. The monoisotopic (exact) mass is 414 g/mol. The van der Waals surface area contributed by atoms with Crippen LogP contribution in [0.1, 0.15) is 5.56 Å². The van der Waals surface area contributed by atoms with Crippen molar-refractivity contribution in [1.29, 1.82) is 0 Å². The van der Waals surface area contributed by atoms with Crippen molar-refractivity contribution in [2.75, 3.05) is 17.4 Å². The molecule has 0 unspecified atom stereocenters. The minimum Gasteiger partial charge on any atom is -0.431 e. The summed E-state index contributed by atoms with van der Waals surface area (Å²) >= 11 is 12.5. The van der Waals surface area contributed by atoms with Crippen LogP contribution < -0.4 is 15.1 Å². The predicted molar refractivity (Wildman–Crippen MR) is 109 cm³/mol. The van der Waals surface area contributed by atoms with Gasteiger partial charge < -0.3 is 10.1 Å². The van der Waals surface area contributed by atoms with E-state index in [0.717, 1.165) is 0 Å². The van der Waals surface area contributed by atoms with Crippen LogP contribution in [0.15, 0.2) is 58.9 Å². The molecule has 0 amide bonds. The molecule has 0 aliphatic carbocycles. The molecule has 8 nitrogen and oxygen atoms in total. The number of nitroso groups, excluding NO2 is 1. The predicted octanol–water partition coefficient (Wildman–Crippen LogP) is 5.12. The van der Waals surface area contributed by atoms with Crippen LogP contribution in [0.5, 0.6) is 5.75 Å². The summed E-state index contributed by atoms with van der Waals surface area (Å²) in [4.78, 5) is 19.3. The number of aromatic nitrogens is 2. The number of hydrogen-bond donors (Lipinski definition) is 1. The molecule has 0 bridgehead atoms. The first-order chi connectivity index (χ1) is 13.5. The zero-order chi connectivity index (χ0) is 19.7. The lowest BCUT2D eigenvalue weighted by Gasteiger charge is -2.24. The lowest BCUT2D eigenvalue weighted by atomic mass is 10.2.